The fourth-order valence-corrected chi connectivity index (χ4v) is 4.79. The Morgan fingerprint density at radius 1 is 1.21 bits per heavy atom. The molecular weight excluding hydrogens is 364 g/mol. The molecule has 7 nitrogen and oxygen atoms in total. The van der Waals surface area contributed by atoms with Crippen molar-refractivity contribution < 1.29 is 0 Å². The predicted octanol–water partition coefficient (Wildman–Crippen LogP) is 3.51. The monoisotopic (exact) mass is 392 g/mol. The summed E-state index contributed by atoms with van der Waals surface area (Å²) in [5, 5.41) is 7.37. The number of hydrogen-bond acceptors (Lipinski definition) is 5. The first-order valence-electron chi connectivity index (χ1n) is 10.8. The van der Waals surface area contributed by atoms with Gasteiger partial charge < -0.3 is 10.6 Å². The summed E-state index contributed by atoms with van der Waals surface area (Å²) in [4.78, 5) is 22.1. The summed E-state index contributed by atoms with van der Waals surface area (Å²) in [5.74, 6) is 0.546. The highest BCUT2D eigenvalue weighted by Crippen LogP contribution is 2.30. The Balaban J connectivity index is 1.53. The van der Waals surface area contributed by atoms with Gasteiger partial charge in [0.2, 0.25) is 5.95 Å². The van der Waals surface area contributed by atoms with Crippen LogP contribution in [0.25, 0.3) is 11.0 Å². The Morgan fingerprint density at radius 2 is 2.07 bits per heavy atom. The largest absolute Gasteiger partial charge is 0.324 e. The van der Waals surface area contributed by atoms with E-state index in [1.54, 1.807) is 6.20 Å². The van der Waals surface area contributed by atoms with Crippen LogP contribution >= 0.6 is 0 Å². The van der Waals surface area contributed by atoms with Gasteiger partial charge in [0, 0.05) is 25.0 Å². The quantitative estimate of drug-likeness (QED) is 0.711. The molecule has 1 aliphatic heterocycles. The molecular formula is C22H28N6O. The van der Waals surface area contributed by atoms with Gasteiger partial charge >= 0.3 is 0 Å². The molecule has 3 heterocycles. The summed E-state index contributed by atoms with van der Waals surface area (Å²) in [6, 6.07) is 6.77. The standard InChI is InChI=1S/C22H28N6O/c1-2-27-21(29)19-14-24-22(26-20(19)28(27)18-6-4-3-5-7-18)25-17-9-8-16-13-23-11-10-15(16)12-17/h8-9,12,14,18,23H,2-7,10-11,13H2,1H3,(H,24,25,26). The first-order valence-corrected chi connectivity index (χ1v) is 10.8. The third-order valence-electron chi connectivity index (χ3n) is 6.28. The van der Waals surface area contributed by atoms with Gasteiger partial charge in [-0.25, -0.2) is 9.67 Å². The van der Waals surface area contributed by atoms with Crippen molar-refractivity contribution in [2.45, 2.75) is 64.6 Å². The average Bonchev–Trinajstić information content (AvgIpc) is 3.05. The highest BCUT2D eigenvalue weighted by molar-refractivity contribution is 5.75. The number of fused-ring (bicyclic) bond motifs is 2. The highest BCUT2D eigenvalue weighted by atomic mass is 16.1. The second kappa shape index (κ2) is 7.63. The molecule has 0 atom stereocenters. The van der Waals surface area contributed by atoms with E-state index < -0.39 is 0 Å². The number of benzene rings is 1. The maximum atomic E-state index is 12.9. The molecule has 5 rings (SSSR count). The zero-order valence-electron chi connectivity index (χ0n) is 16.9. The molecule has 2 aromatic heterocycles. The van der Waals surface area contributed by atoms with E-state index in [1.165, 1.54) is 30.4 Å². The van der Waals surface area contributed by atoms with Gasteiger partial charge in [-0.3, -0.25) is 9.48 Å². The molecule has 1 saturated carbocycles. The zero-order valence-corrected chi connectivity index (χ0v) is 16.9. The van der Waals surface area contributed by atoms with E-state index in [0.29, 0.717) is 23.9 Å². The van der Waals surface area contributed by atoms with Gasteiger partial charge in [-0.15, -0.1) is 0 Å². The predicted molar refractivity (Wildman–Crippen MR) is 115 cm³/mol. The van der Waals surface area contributed by atoms with E-state index in [4.69, 9.17) is 4.98 Å². The average molecular weight is 393 g/mol. The Bertz CT molecular complexity index is 1090. The van der Waals surface area contributed by atoms with Gasteiger partial charge in [-0.1, -0.05) is 25.3 Å². The Labute approximate surface area is 170 Å². The third kappa shape index (κ3) is 3.33. The van der Waals surface area contributed by atoms with Gasteiger partial charge in [0.15, 0.2) is 5.65 Å². The lowest BCUT2D eigenvalue weighted by molar-refractivity contribution is 0.295. The van der Waals surface area contributed by atoms with Crippen LogP contribution in [0.3, 0.4) is 0 Å². The SMILES string of the molecule is CCn1c(=O)c2cnc(Nc3ccc4c(c3)CCNC4)nc2n1C1CCCCC1. The van der Waals surface area contributed by atoms with Gasteiger partial charge in [0.25, 0.3) is 5.56 Å². The van der Waals surface area contributed by atoms with E-state index in [2.05, 4.69) is 38.5 Å². The summed E-state index contributed by atoms with van der Waals surface area (Å²) >= 11 is 0. The molecule has 1 fully saturated rings. The molecule has 0 unspecified atom stereocenters. The van der Waals surface area contributed by atoms with Crippen LogP contribution in [0.5, 0.6) is 0 Å². The van der Waals surface area contributed by atoms with Crippen molar-refractivity contribution in [3.8, 4) is 0 Å². The lowest BCUT2D eigenvalue weighted by atomic mass is 9.96. The molecule has 0 amide bonds. The molecule has 0 saturated heterocycles. The fourth-order valence-electron chi connectivity index (χ4n) is 4.79. The Kier molecular flexibility index (Phi) is 4.83. The van der Waals surface area contributed by atoms with Crippen molar-refractivity contribution in [3.05, 3.63) is 45.9 Å². The van der Waals surface area contributed by atoms with Crippen LogP contribution in [0.15, 0.2) is 29.2 Å². The molecule has 152 valence electrons. The van der Waals surface area contributed by atoms with Crippen molar-refractivity contribution in [2.24, 2.45) is 0 Å². The van der Waals surface area contributed by atoms with Crippen LogP contribution in [0.1, 0.15) is 56.2 Å². The highest BCUT2D eigenvalue weighted by Gasteiger charge is 2.23. The van der Waals surface area contributed by atoms with E-state index in [9.17, 15) is 4.79 Å². The van der Waals surface area contributed by atoms with Crippen molar-refractivity contribution in [1.29, 1.82) is 0 Å². The summed E-state index contributed by atoms with van der Waals surface area (Å²) in [6.07, 6.45) is 8.63. The maximum Gasteiger partial charge on any atom is 0.277 e. The van der Waals surface area contributed by atoms with Crippen LogP contribution < -0.4 is 16.2 Å². The minimum atomic E-state index is 0.0147. The van der Waals surface area contributed by atoms with Crippen molar-refractivity contribution in [3.63, 3.8) is 0 Å². The van der Waals surface area contributed by atoms with E-state index in [0.717, 1.165) is 43.7 Å². The maximum absolute atomic E-state index is 12.9. The second-order valence-electron chi connectivity index (χ2n) is 8.12. The van der Waals surface area contributed by atoms with Gasteiger partial charge in [0.1, 0.15) is 5.39 Å². The summed E-state index contributed by atoms with van der Waals surface area (Å²) < 4.78 is 3.98. The zero-order chi connectivity index (χ0) is 19.8. The molecule has 0 spiro atoms. The molecule has 3 aromatic rings. The van der Waals surface area contributed by atoms with E-state index in [1.807, 2.05) is 11.6 Å². The number of rotatable bonds is 4. The lowest BCUT2D eigenvalue weighted by Gasteiger charge is -2.25. The van der Waals surface area contributed by atoms with Gasteiger partial charge in [0.05, 0.1) is 6.04 Å². The van der Waals surface area contributed by atoms with Crippen LogP contribution in [0.2, 0.25) is 0 Å². The van der Waals surface area contributed by atoms with Crippen molar-refractivity contribution >= 4 is 22.7 Å². The van der Waals surface area contributed by atoms with E-state index in [-0.39, 0.29) is 5.56 Å². The number of nitrogens with one attached hydrogen (secondary N) is 2. The van der Waals surface area contributed by atoms with Crippen LogP contribution in [0.4, 0.5) is 11.6 Å². The smallest absolute Gasteiger partial charge is 0.277 e. The molecule has 0 bridgehead atoms. The Hall–Kier alpha value is -2.67. The van der Waals surface area contributed by atoms with Crippen molar-refractivity contribution in [2.75, 3.05) is 11.9 Å². The molecule has 7 heteroatoms. The number of anilines is 2. The number of aromatic nitrogens is 4. The third-order valence-corrected chi connectivity index (χ3v) is 6.28. The molecule has 2 N–H and O–H groups in total. The molecule has 2 aliphatic rings. The van der Waals surface area contributed by atoms with Crippen molar-refractivity contribution in [1.82, 2.24) is 24.6 Å². The van der Waals surface area contributed by atoms with Crippen LogP contribution in [-0.4, -0.2) is 25.9 Å². The molecule has 1 aliphatic carbocycles. The van der Waals surface area contributed by atoms with Crippen LogP contribution in [0, 0.1) is 0 Å². The first-order chi connectivity index (χ1) is 14.2. The molecule has 1 aromatic carbocycles. The first kappa shape index (κ1) is 18.4. The molecule has 0 radical (unpaired) electrons. The Morgan fingerprint density at radius 3 is 2.90 bits per heavy atom. The normalized spacial score (nSPS) is 17.4. The van der Waals surface area contributed by atoms with Gasteiger partial charge in [-0.05, 0) is 56.0 Å². The summed E-state index contributed by atoms with van der Waals surface area (Å²) in [5.41, 5.74) is 4.48. The van der Waals surface area contributed by atoms with E-state index >= 15 is 0 Å². The van der Waals surface area contributed by atoms with Crippen LogP contribution in [-0.2, 0) is 19.5 Å². The molecule has 29 heavy (non-hydrogen) atoms. The van der Waals surface area contributed by atoms with Gasteiger partial charge in [-0.2, -0.15) is 4.98 Å². The second-order valence-corrected chi connectivity index (χ2v) is 8.12. The minimum Gasteiger partial charge on any atom is -0.324 e. The number of nitrogens with zero attached hydrogens (tertiary/aromatic N) is 4. The fraction of sp³-hybridized carbons (Fsp3) is 0.500. The minimum absolute atomic E-state index is 0.0147. The lowest BCUT2D eigenvalue weighted by Crippen LogP contribution is -2.26. The summed E-state index contributed by atoms with van der Waals surface area (Å²) in [7, 11) is 0. The summed E-state index contributed by atoms with van der Waals surface area (Å²) in [6.45, 7) is 4.61. The topological polar surface area (TPSA) is 76.8 Å². The number of hydrogen-bond donors (Lipinski definition) is 2.